The maximum atomic E-state index is 5.46. The molecule has 0 fully saturated rings. The van der Waals surface area contributed by atoms with Gasteiger partial charge < -0.3 is 18.9 Å². The zero-order chi connectivity index (χ0) is 28.0. The molecule has 0 saturated carbocycles. The summed E-state index contributed by atoms with van der Waals surface area (Å²) in [6, 6.07) is 9.37. The minimum atomic E-state index is -0.606. The van der Waals surface area contributed by atoms with Crippen molar-refractivity contribution in [3.05, 3.63) is 60.7 Å². The SMILES string of the molecule is C=CC(CCCCCCCCCc1ccc(CCCCCCCCCC(C=C)(OC)OC)cc1)(OC)OC. The number of methoxy groups -OCH3 is 4. The van der Waals surface area contributed by atoms with Crippen LogP contribution in [0.5, 0.6) is 0 Å². The van der Waals surface area contributed by atoms with Crippen LogP contribution in [0.3, 0.4) is 0 Å². The maximum absolute atomic E-state index is 5.46. The predicted octanol–water partition coefficient (Wildman–Crippen LogP) is 9.36. The van der Waals surface area contributed by atoms with Crippen LogP contribution < -0.4 is 0 Å². The number of hydrogen-bond donors (Lipinski definition) is 0. The average molecular weight is 531 g/mol. The molecule has 0 radical (unpaired) electrons. The van der Waals surface area contributed by atoms with Gasteiger partial charge in [0.25, 0.3) is 0 Å². The van der Waals surface area contributed by atoms with Crippen LogP contribution in [0.25, 0.3) is 0 Å². The topological polar surface area (TPSA) is 36.9 Å². The highest BCUT2D eigenvalue weighted by Crippen LogP contribution is 2.23. The molecule has 0 atom stereocenters. The second-order valence-corrected chi connectivity index (χ2v) is 10.6. The van der Waals surface area contributed by atoms with Crippen LogP contribution in [-0.2, 0) is 31.8 Å². The largest absolute Gasteiger partial charge is 0.350 e. The van der Waals surface area contributed by atoms with E-state index in [4.69, 9.17) is 18.9 Å². The van der Waals surface area contributed by atoms with Crippen LogP contribution in [0.15, 0.2) is 49.6 Å². The van der Waals surface area contributed by atoms with Crippen molar-refractivity contribution in [1.29, 1.82) is 0 Å². The van der Waals surface area contributed by atoms with E-state index in [1.165, 1.54) is 101 Å². The van der Waals surface area contributed by atoms with E-state index in [-0.39, 0.29) is 0 Å². The number of rotatable bonds is 26. The second kappa shape index (κ2) is 21.4. The lowest BCUT2D eigenvalue weighted by atomic mass is 10.00. The molecule has 0 aromatic heterocycles. The molecule has 0 heterocycles. The van der Waals surface area contributed by atoms with Gasteiger partial charge in [0, 0.05) is 41.3 Å². The molecule has 218 valence electrons. The monoisotopic (exact) mass is 530 g/mol. The second-order valence-electron chi connectivity index (χ2n) is 10.6. The Balaban J connectivity index is 2.01. The van der Waals surface area contributed by atoms with E-state index < -0.39 is 11.6 Å². The summed E-state index contributed by atoms with van der Waals surface area (Å²) in [4.78, 5) is 0. The quantitative estimate of drug-likeness (QED) is 0.0679. The average Bonchev–Trinajstić information content (AvgIpc) is 2.96. The molecule has 0 aliphatic heterocycles. The molecule has 1 aromatic carbocycles. The fourth-order valence-corrected chi connectivity index (χ4v) is 5.15. The summed E-state index contributed by atoms with van der Waals surface area (Å²) in [5, 5.41) is 0. The van der Waals surface area contributed by atoms with E-state index in [1.54, 1.807) is 40.6 Å². The minimum absolute atomic E-state index is 0.606. The van der Waals surface area contributed by atoms with E-state index in [9.17, 15) is 0 Å². The van der Waals surface area contributed by atoms with Crippen molar-refractivity contribution in [2.24, 2.45) is 0 Å². The Morgan fingerprint density at radius 2 is 0.737 bits per heavy atom. The maximum Gasteiger partial charge on any atom is 0.186 e. The van der Waals surface area contributed by atoms with Gasteiger partial charge in [0.2, 0.25) is 0 Å². The van der Waals surface area contributed by atoms with Crippen LogP contribution in [0.1, 0.15) is 114 Å². The molecule has 0 aliphatic carbocycles. The highest BCUT2D eigenvalue weighted by molar-refractivity contribution is 5.22. The molecule has 0 aliphatic rings. The first-order chi connectivity index (χ1) is 18.5. The Morgan fingerprint density at radius 3 is 1.00 bits per heavy atom. The van der Waals surface area contributed by atoms with Gasteiger partial charge in [0.15, 0.2) is 11.6 Å². The number of benzene rings is 1. The fraction of sp³-hybridized carbons (Fsp3) is 0.706. The lowest BCUT2D eigenvalue weighted by molar-refractivity contribution is -0.174. The van der Waals surface area contributed by atoms with Gasteiger partial charge >= 0.3 is 0 Å². The first kappa shape index (κ1) is 34.6. The van der Waals surface area contributed by atoms with Gasteiger partial charge in [-0.15, -0.1) is 0 Å². The van der Waals surface area contributed by atoms with E-state index in [2.05, 4.69) is 37.4 Å². The number of hydrogen-bond acceptors (Lipinski definition) is 4. The van der Waals surface area contributed by atoms with Gasteiger partial charge in [-0.05, 0) is 61.8 Å². The van der Waals surface area contributed by atoms with Gasteiger partial charge in [0.05, 0.1) is 0 Å². The summed E-state index contributed by atoms with van der Waals surface area (Å²) in [5.41, 5.74) is 2.96. The molecule has 0 N–H and O–H groups in total. The molecule has 0 unspecified atom stereocenters. The third-order valence-electron chi connectivity index (χ3n) is 8.01. The Kier molecular flexibility index (Phi) is 19.4. The first-order valence-electron chi connectivity index (χ1n) is 15.1. The van der Waals surface area contributed by atoms with Crippen LogP contribution in [0.4, 0.5) is 0 Å². The van der Waals surface area contributed by atoms with Crippen molar-refractivity contribution in [2.75, 3.05) is 28.4 Å². The molecule has 0 amide bonds. The third-order valence-corrected chi connectivity index (χ3v) is 8.01. The zero-order valence-corrected chi connectivity index (χ0v) is 25.2. The van der Waals surface area contributed by atoms with Crippen molar-refractivity contribution in [3.8, 4) is 0 Å². The molecule has 0 saturated heterocycles. The van der Waals surface area contributed by atoms with Crippen LogP contribution in [0, 0.1) is 0 Å². The molecule has 38 heavy (non-hydrogen) atoms. The standard InChI is InChI=1S/C34H58O4/c1-7-33(35-3,36-4)29-21-17-13-9-11-15-19-23-31-25-27-32(28-26-31)24-20-16-12-10-14-18-22-30-34(8-2,37-5)38-6/h7-8,25-28H,1-2,9-24,29-30H2,3-6H3. The van der Waals surface area contributed by atoms with E-state index in [0.717, 1.165) is 25.7 Å². The number of ether oxygens (including phenoxy) is 4. The summed E-state index contributed by atoms with van der Waals surface area (Å²) < 4.78 is 21.8. The Bertz CT molecular complexity index is 643. The summed E-state index contributed by atoms with van der Waals surface area (Å²) in [5.74, 6) is -1.21. The fourth-order valence-electron chi connectivity index (χ4n) is 5.15. The Labute approximate surface area is 235 Å². The Hall–Kier alpha value is -1.46. The molecule has 4 nitrogen and oxygen atoms in total. The van der Waals surface area contributed by atoms with Crippen molar-refractivity contribution < 1.29 is 18.9 Å². The lowest BCUT2D eigenvalue weighted by Crippen LogP contribution is -2.30. The summed E-state index contributed by atoms with van der Waals surface area (Å²) in [6.07, 6.45) is 25.5. The van der Waals surface area contributed by atoms with Crippen molar-refractivity contribution in [3.63, 3.8) is 0 Å². The minimum Gasteiger partial charge on any atom is -0.350 e. The molecule has 4 heteroatoms. The van der Waals surface area contributed by atoms with E-state index in [1.807, 2.05) is 0 Å². The first-order valence-corrected chi connectivity index (χ1v) is 15.1. The van der Waals surface area contributed by atoms with Crippen LogP contribution in [-0.4, -0.2) is 40.0 Å². The van der Waals surface area contributed by atoms with Crippen LogP contribution >= 0.6 is 0 Å². The summed E-state index contributed by atoms with van der Waals surface area (Å²) >= 11 is 0. The number of unbranched alkanes of at least 4 members (excludes halogenated alkanes) is 12. The van der Waals surface area contributed by atoms with E-state index in [0.29, 0.717) is 0 Å². The molecule has 0 spiro atoms. The van der Waals surface area contributed by atoms with Gasteiger partial charge in [0.1, 0.15) is 0 Å². The zero-order valence-electron chi connectivity index (χ0n) is 25.2. The Morgan fingerprint density at radius 1 is 0.474 bits per heavy atom. The highest BCUT2D eigenvalue weighted by Gasteiger charge is 2.24. The molecular formula is C34H58O4. The van der Waals surface area contributed by atoms with E-state index >= 15 is 0 Å². The van der Waals surface area contributed by atoms with Gasteiger partial charge in [-0.1, -0.05) is 102 Å². The van der Waals surface area contributed by atoms with Crippen molar-refractivity contribution in [2.45, 2.75) is 127 Å². The van der Waals surface area contributed by atoms with Gasteiger partial charge in [-0.25, -0.2) is 0 Å². The predicted molar refractivity (Wildman–Crippen MR) is 162 cm³/mol. The lowest BCUT2D eigenvalue weighted by Gasteiger charge is -2.27. The molecular weight excluding hydrogens is 472 g/mol. The third kappa shape index (κ3) is 14.1. The molecule has 1 rings (SSSR count). The highest BCUT2D eigenvalue weighted by atomic mass is 16.7. The smallest absolute Gasteiger partial charge is 0.186 e. The van der Waals surface area contributed by atoms with Gasteiger partial charge in [-0.3, -0.25) is 0 Å². The van der Waals surface area contributed by atoms with Gasteiger partial charge in [-0.2, -0.15) is 0 Å². The summed E-state index contributed by atoms with van der Waals surface area (Å²) in [6.45, 7) is 7.67. The molecule has 0 bridgehead atoms. The van der Waals surface area contributed by atoms with Crippen molar-refractivity contribution in [1.82, 2.24) is 0 Å². The summed E-state index contributed by atoms with van der Waals surface area (Å²) in [7, 11) is 6.74. The normalized spacial score (nSPS) is 12.1. The van der Waals surface area contributed by atoms with Crippen LogP contribution in [0.2, 0.25) is 0 Å². The van der Waals surface area contributed by atoms with Crippen molar-refractivity contribution >= 4 is 0 Å². The molecule has 1 aromatic rings. The number of aryl methyl sites for hydroxylation is 2.